The van der Waals surface area contributed by atoms with Crippen molar-refractivity contribution < 1.29 is 24.2 Å². The number of carbonyl (C=O) groups excluding carboxylic acids is 2. The summed E-state index contributed by atoms with van der Waals surface area (Å²) in [6.07, 6.45) is 0. The summed E-state index contributed by atoms with van der Waals surface area (Å²) in [7, 11) is 1.59. The van der Waals surface area contributed by atoms with Gasteiger partial charge in [-0.25, -0.2) is 0 Å². The van der Waals surface area contributed by atoms with Crippen LogP contribution in [0.2, 0.25) is 0 Å². The topological polar surface area (TPSA) is 76.1 Å². The molecule has 1 aromatic heterocycles. The Balaban J connectivity index is 1.69. The molecule has 6 nitrogen and oxygen atoms in total. The van der Waals surface area contributed by atoms with Crippen molar-refractivity contribution in [1.29, 1.82) is 0 Å². The lowest BCUT2D eigenvalue weighted by Crippen LogP contribution is -2.28. The highest BCUT2D eigenvalue weighted by Gasteiger charge is 2.46. The quantitative estimate of drug-likeness (QED) is 0.267. The number of hydrogen-bond acceptors (Lipinski definition) is 6. The maximum atomic E-state index is 13.1. The molecule has 1 amide bonds. The van der Waals surface area contributed by atoms with Crippen molar-refractivity contribution in [1.82, 2.24) is 4.90 Å². The van der Waals surface area contributed by atoms with E-state index in [0.717, 1.165) is 10.4 Å². The molecule has 1 aliphatic rings. The fourth-order valence-corrected chi connectivity index (χ4v) is 4.69. The highest BCUT2D eigenvalue weighted by atomic mass is 32.1. The van der Waals surface area contributed by atoms with Crippen LogP contribution >= 0.6 is 11.3 Å². The van der Waals surface area contributed by atoms with Gasteiger partial charge in [0.2, 0.25) is 0 Å². The van der Waals surface area contributed by atoms with E-state index in [2.05, 4.69) is 13.8 Å². The molecule has 176 valence electrons. The molecule has 2 aromatic carbocycles. The Bertz CT molecular complexity index is 1180. The minimum Gasteiger partial charge on any atom is -0.507 e. The molecule has 7 heteroatoms. The van der Waals surface area contributed by atoms with E-state index in [1.54, 1.807) is 31.4 Å². The molecular weight excluding hydrogens is 450 g/mol. The summed E-state index contributed by atoms with van der Waals surface area (Å²) >= 11 is 1.44. The number of aliphatic hydroxyl groups excluding tert-OH is 1. The molecule has 1 aliphatic heterocycles. The van der Waals surface area contributed by atoms with Gasteiger partial charge in [0, 0.05) is 17.0 Å². The van der Waals surface area contributed by atoms with E-state index in [4.69, 9.17) is 9.47 Å². The molecule has 1 N–H and O–H groups in total. The SMILES string of the molecule is COc1ccc(CN2C(=O)C(=O)/C(=C(\O)c3ccc(OCC(C)C)cc3)C2c2cccs2)cc1. The number of methoxy groups -OCH3 is 1. The van der Waals surface area contributed by atoms with Gasteiger partial charge in [-0.05, 0) is 59.3 Å². The predicted octanol–water partition coefficient (Wildman–Crippen LogP) is 5.41. The van der Waals surface area contributed by atoms with E-state index in [-0.39, 0.29) is 17.9 Å². The van der Waals surface area contributed by atoms with E-state index in [0.29, 0.717) is 29.6 Å². The number of likely N-dealkylation sites (tertiary alicyclic amines) is 1. The van der Waals surface area contributed by atoms with Gasteiger partial charge in [0.05, 0.1) is 25.3 Å². The smallest absolute Gasteiger partial charge is 0.295 e. The Morgan fingerprint density at radius 2 is 1.71 bits per heavy atom. The van der Waals surface area contributed by atoms with Crippen LogP contribution in [0.5, 0.6) is 11.5 Å². The van der Waals surface area contributed by atoms with E-state index in [1.807, 2.05) is 41.8 Å². The minimum absolute atomic E-state index is 0.0943. The zero-order chi connectivity index (χ0) is 24.2. The summed E-state index contributed by atoms with van der Waals surface area (Å²) in [4.78, 5) is 28.5. The molecule has 1 fully saturated rings. The molecule has 4 rings (SSSR count). The Hall–Kier alpha value is -3.58. The third-order valence-corrected chi connectivity index (χ3v) is 6.50. The maximum absolute atomic E-state index is 13.1. The number of Topliss-reactive ketones (excluding diaryl/α,β-unsaturated/α-hetero) is 1. The Morgan fingerprint density at radius 1 is 1.03 bits per heavy atom. The van der Waals surface area contributed by atoms with Gasteiger partial charge in [0.25, 0.3) is 11.7 Å². The number of ketones is 1. The first-order valence-corrected chi connectivity index (χ1v) is 11.9. The highest BCUT2D eigenvalue weighted by molar-refractivity contribution is 7.10. The van der Waals surface area contributed by atoms with E-state index >= 15 is 0 Å². The standard InChI is InChI=1S/C27H27NO5S/c1-17(2)16-33-21-12-8-19(9-13-21)25(29)23-24(22-5-4-14-34-22)28(27(31)26(23)30)15-18-6-10-20(32-3)11-7-18/h4-14,17,24,29H,15-16H2,1-3H3/b25-23-. The molecule has 1 unspecified atom stereocenters. The Kier molecular flexibility index (Phi) is 7.03. The van der Waals surface area contributed by atoms with Crippen molar-refractivity contribution in [2.75, 3.05) is 13.7 Å². The second-order valence-corrected chi connectivity index (χ2v) is 9.50. The lowest BCUT2D eigenvalue weighted by molar-refractivity contribution is -0.140. The molecule has 1 atom stereocenters. The molecule has 2 heterocycles. The second-order valence-electron chi connectivity index (χ2n) is 8.52. The number of nitrogens with zero attached hydrogens (tertiary/aromatic N) is 1. The van der Waals surface area contributed by atoms with Crippen molar-refractivity contribution in [3.63, 3.8) is 0 Å². The van der Waals surface area contributed by atoms with Crippen molar-refractivity contribution in [2.45, 2.75) is 26.4 Å². The minimum atomic E-state index is -0.690. The van der Waals surface area contributed by atoms with Gasteiger partial charge in [-0.15, -0.1) is 11.3 Å². The van der Waals surface area contributed by atoms with Gasteiger partial charge in [0.1, 0.15) is 17.3 Å². The summed E-state index contributed by atoms with van der Waals surface area (Å²) in [6.45, 7) is 4.95. The van der Waals surface area contributed by atoms with Gasteiger partial charge >= 0.3 is 0 Å². The third kappa shape index (κ3) is 4.84. The van der Waals surface area contributed by atoms with Gasteiger partial charge in [-0.3, -0.25) is 9.59 Å². The zero-order valence-corrected chi connectivity index (χ0v) is 20.2. The average molecular weight is 478 g/mol. The van der Waals surface area contributed by atoms with E-state index < -0.39 is 17.7 Å². The van der Waals surface area contributed by atoms with Gasteiger partial charge in [-0.1, -0.05) is 32.0 Å². The molecule has 0 saturated carbocycles. The van der Waals surface area contributed by atoms with Crippen LogP contribution in [0.4, 0.5) is 0 Å². The number of rotatable bonds is 8. The summed E-state index contributed by atoms with van der Waals surface area (Å²) < 4.78 is 10.9. The van der Waals surface area contributed by atoms with Crippen molar-refractivity contribution in [3.8, 4) is 11.5 Å². The van der Waals surface area contributed by atoms with Crippen molar-refractivity contribution in [3.05, 3.63) is 87.6 Å². The number of thiophene rings is 1. The monoisotopic (exact) mass is 477 g/mol. The van der Waals surface area contributed by atoms with Crippen LogP contribution in [0.15, 0.2) is 71.6 Å². The molecule has 34 heavy (non-hydrogen) atoms. The van der Waals surface area contributed by atoms with Crippen LogP contribution in [0, 0.1) is 5.92 Å². The summed E-state index contributed by atoms with van der Waals surface area (Å²) in [5.41, 5.74) is 1.41. The fraction of sp³-hybridized carbons (Fsp3) is 0.259. The van der Waals surface area contributed by atoms with Crippen molar-refractivity contribution >= 4 is 28.8 Å². The van der Waals surface area contributed by atoms with Gasteiger partial charge < -0.3 is 19.5 Å². The summed E-state index contributed by atoms with van der Waals surface area (Å²) in [5.74, 6) is 0.267. The molecule has 0 bridgehead atoms. The van der Waals surface area contributed by atoms with Crippen LogP contribution < -0.4 is 9.47 Å². The number of carbonyl (C=O) groups is 2. The molecule has 1 saturated heterocycles. The molecule has 0 spiro atoms. The molecule has 3 aromatic rings. The summed E-state index contributed by atoms with van der Waals surface area (Å²) in [5, 5.41) is 13.1. The molecule has 0 radical (unpaired) electrons. The van der Waals surface area contributed by atoms with Crippen LogP contribution in [-0.2, 0) is 16.1 Å². The number of ether oxygens (including phenoxy) is 2. The first kappa shape index (κ1) is 23.6. The average Bonchev–Trinajstić information content (AvgIpc) is 3.46. The van der Waals surface area contributed by atoms with Crippen LogP contribution in [0.1, 0.15) is 35.9 Å². The van der Waals surface area contributed by atoms with Crippen molar-refractivity contribution in [2.24, 2.45) is 5.92 Å². The highest BCUT2D eigenvalue weighted by Crippen LogP contribution is 2.42. The number of amides is 1. The van der Waals surface area contributed by atoms with E-state index in [9.17, 15) is 14.7 Å². The van der Waals surface area contributed by atoms with Crippen LogP contribution in [0.25, 0.3) is 5.76 Å². The molecular formula is C27H27NO5S. The second kappa shape index (κ2) is 10.1. The van der Waals surface area contributed by atoms with Crippen LogP contribution in [-0.4, -0.2) is 35.4 Å². The number of hydrogen-bond donors (Lipinski definition) is 1. The first-order valence-electron chi connectivity index (χ1n) is 11.1. The third-order valence-electron chi connectivity index (χ3n) is 5.58. The first-order chi connectivity index (χ1) is 16.4. The van der Waals surface area contributed by atoms with Gasteiger partial charge in [0.15, 0.2) is 0 Å². The van der Waals surface area contributed by atoms with Gasteiger partial charge in [-0.2, -0.15) is 0 Å². The normalized spacial score (nSPS) is 17.4. The Labute approximate surface area is 203 Å². The summed E-state index contributed by atoms with van der Waals surface area (Å²) in [6, 6.07) is 17.3. The molecule has 0 aliphatic carbocycles. The fourth-order valence-electron chi connectivity index (χ4n) is 3.84. The van der Waals surface area contributed by atoms with E-state index in [1.165, 1.54) is 16.2 Å². The lowest BCUT2D eigenvalue weighted by atomic mass is 9.99. The zero-order valence-electron chi connectivity index (χ0n) is 19.4. The number of aliphatic hydroxyl groups is 1. The van der Waals surface area contributed by atoms with Crippen LogP contribution in [0.3, 0.4) is 0 Å². The lowest BCUT2D eigenvalue weighted by Gasteiger charge is -2.24. The maximum Gasteiger partial charge on any atom is 0.295 e. The largest absolute Gasteiger partial charge is 0.507 e. The Morgan fingerprint density at radius 3 is 2.29 bits per heavy atom. The number of benzene rings is 2. The predicted molar refractivity (Wildman–Crippen MR) is 132 cm³/mol.